The quantitative estimate of drug-likeness (QED) is 0.869. The first-order valence-corrected chi connectivity index (χ1v) is 5.98. The van der Waals surface area contributed by atoms with Crippen LogP contribution < -0.4 is 4.90 Å². The van der Waals surface area contributed by atoms with E-state index in [2.05, 4.69) is 14.9 Å². The van der Waals surface area contributed by atoms with Gasteiger partial charge in [0, 0.05) is 18.4 Å². The van der Waals surface area contributed by atoms with Crippen LogP contribution in [0.15, 0.2) is 42.7 Å². The van der Waals surface area contributed by atoms with Gasteiger partial charge >= 0.3 is 0 Å². The van der Waals surface area contributed by atoms with Crippen molar-refractivity contribution in [1.29, 1.82) is 0 Å². The van der Waals surface area contributed by atoms with Crippen molar-refractivity contribution in [3.63, 3.8) is 0 Å². The zero-order valence-corrected chi connectivity index (χ0v) is 10.5. The highest BCUT2D eigenvalue weighted by molar-refractivity contribution is 5.46. The second-order valence-corrected chi connectivity index (χ2v) is 4.13. The molecule has 4 heteroatoms. The Hall–Kier alpha value is -1.94. The number of aryl methyl sites for hydroxylation is 1. The molecule has 2 rings (SSSR count). The zero-order chi connectivity index (χ0) is 12.8. The zero-order valence-electron chi connectivity index (χ0n) is 10.5. The summed E-state index contributed by atoms with van der Waals surface area (Å²) in [7, 11) is 0. The van der Waals surface area contributed by atoms with E-state index in [4.69, 9.17) is 5.11 Å². The maximum atomic E-state index is 9.14. The maximum absolute atomic E-state index is 9.14. The Labute approximate surface area is 107 Å². The number of nitrogens with zero attached hydrogens (tertiary/aromatic N) is 3. The fourth-order valence-electron chi connectivity index (χ4n) is 1.76. The van der Waals surface area contributed by atoms with Gasteiger partial charge in [-0.3, -0.25) is 9.97 Å². The third-order valence-electron chi connectivity index (χ3n) is 2.68. The fraction of sp³-hybridized carbons (Fsp3) is 0.286. The van der Waals surface area contributed by atoms with E-state index in [0.29, 0.717) is 13.1 Å². The van der Waals surface area contributed by atoms with E-state index in [-0.39, 0.29) is 6.61 Å². The molecule has 0 atom stereocenters. The Bertz CT molecular complexity index is 470. The van der Waals surface area contributed by atoms with Gasteiger partial charge in [0.1, 0.15) is 0 Å². The molecule has 0 aliphatic rings. The van der Waals surface area contributed by atoms with E-state index in [1.54, 1.807) is 12.4 Å². The molecule has 0 amide bonds. The van der Waals surface area contributed by atoms with Crippen molar-refractivity contribution in [1.82, 2.24) is 9.97 Å². The number of hydrogen-bond acceptors (Lipinski definition) is 4. The molecule has 0 bridgehead atoms. The Morgan fingerprint density at radius 1 is 1.11 bits per heavy atom. The van der Waals surface area contributed by atoms with Crippen LogP contribution in [0.4, 0.5) is 5.69 Å². The van der Waals surface area contributed by atoms with Gasteiger partial charge in [-0.05, 0) is 19.1 Å². The van der Waals surface area contributed by atoms with Gasteiger partial charge in [0.25, 0.3) is 0 Å². The van der Waals surface area contributed by atoms with Crippen molar-refractivity contribution in [3.8, 4) is 0 Å². The molecule has 0 radical (unpaired) electrons. The summed E-state index contributed by atoms with van der Waals surface area (Å²) in [5, 5.41) is 9.14. The van der Waals surface area contributed by atoms with Crippen molar-refractivity contribution in [2.24, 2.45) is 0 Å². The van der Waals surface area contributed by atoms with Crippen LogP contribution in [0.5, 0.6) is 0 Å². The Balaban J connectivity index is 2.14. The summed E-state index contributed by atoms with van der Waals surface area (Å²) in [4.78, 5) is 10.7. The van der Waals surface area contributed by atoms with Crippen LogP contribution in [0.2, 0.25) is 0 Å². The Kier molecular flexibility index (Phi) is 4.25. The number of aromatic nitrogens is 2. The van der Waals surface area contributed by atoms with Crippen molar-refractivity contribution >= 4 is 5.69 Å². The van der Waals surface area contributed by atoms with E-state index < -0.39 is 0 Å². The molecular weight excluding hydrogens is 226 g/mol. The largest absolute Gasteiger partial charge is 0.395 e. The predicted molar refractivity (Wildman–Crippen MR) is 71.3 cm³/mol. The fourth-order valence-corrected chi connectivity index (χ4v) is 1.76. The van der Waals surface area contributed by atoms with Gasteiger partial charge < -0.3 is 10.0 Å². The summed E-state index contributed by atoms with van der Waals surface area (Å²) >= 11 is 0. The van der Waals surface area contributed by atoms with E-state index in [1.807, 2.05) is 37.3 Å². The highest BCUT2D eigenvalue weighted by Crippen LogP contribution is 2.15. The highest BCUT2D eigenvalue weighted by Gasteiger charge is 2.07. The molecule has 0 unspecified atom stereocenters. The van der Waals surface area contributed by atoms with Gasteiger partial charge in [0.15, 0.2) is 0 Å². The Morgan fingerprint density at radius 3 is 2.50 bits per heavy atom. The molecular formula is C14H17N3O. The number of aliphatic hydroxyl groups is 1. The number of benzene rings is 1. The predicted octanol–water partition coefficient (Wildman–Crippen LogP) is 1.78. The first kappa shape index (κ1) is 12.5. The molecule has 1 aromatic heterocycles. The van der Waals surface area contributed by atoms with Crippen molar-refractivity contribution in [3.05, 3.63) is 54.1 Å². The van der Waals surface area contributed by atoms with Crippen LogP contribution in [0.25, 0.3) is 0 Å². The molecule has 18 heavy (non-hydrogen) atoms. The highest BCUT2D eigenvalue weighted by atomic mass is 16.3. The second kappa shape index (κ2) is 6.12. The third kappa shape index (κ3) is 3.28. The lowest BCUT2D eigenvalue weighted by Gasteiger charge is -2.23. The number of anilines is 1. The van der Waals surface area contributed by atoms with Gasteiger partial charge in [0.2, 0.25) is 0 Å². The summed E-state index contributed by atoms with van der Waals surface area (Å²) in [5.41, 5.74) is 2.89. The number of rotatable bonds is 5. The SMILES string of the molecule is Cc1cnc(CN(CCO)c2ccccc2)cn1. The average Bonchev–Trinajstić information content (AvgIpc) is 2.42. The molecule has 0 aliphatic heterocycles. The molecule has 0 saturated heterocycles. The second-order valence-electron chi connectivity index (χ2n) is 4.13. The lowest BCUT2D eigenvalue weighted by Crippen LogP contribution is -2.26. The lowest BCUT2D eigenvalue weighted by atomic mass is 10.2. The summed E-state index contributed by atoms with van der Waals surface area (Å²) in [5.74, 6) is 0. The number of para-hydroxylation sites is 1. The molecule has 0 aliphatic carbocycles. The smallest absolute Gasteiger partial charge is 0.0780 e. The molecule has 94 valence electrons. The summed E-state index contributed by atoms with van der Waals surface area (Å²) in [6.45, 7) is 3.27. The minimum atomic E-state index is 0.119. The lowest BCUT2D eigenvalue weighted by molar-refractivity contribution is 0.301. The van der Waals surface area contributed by atoms with E-state index in [1.165, 1.54) is 0 Å². The van der Waals surface area contributed by atoms with E-state index in [0.717, 1.165) is 17.1 Å². The first-order valence-electron chi connectivity index (χ1n) is 5.98. The van der Waals surface area contributed by atoms with Crippen molar-refractivity contribution in [2.75, 3.05) is 18.1 Å². The van der Waals surface area contributed by atoms with Crippen molar-refractivity contribution < 1.29 is 5.11 Å². The monoisotopic (exact) mass is 243 g/mol. The number of hydrogen-bond donors (Lipinski definition) is 1. The van der Waals surface area contributed by atoms with Crippen LogP contribution in [-0.4, -0.2) is 28.2 Å². The van der Waals surface area contributed by atoms with Gasteiger partial charge in [0.05, 0.1) is 30.7 Å². The molecule has 0 fully saturated rings. The normalized spacial score (nSPS) is 10.3. The third-order valence-corrected chi connectivity index (χ3v) is 2.68. The van der Waals surface area contributed by atoms with Crippen LogP contribution in [0.3, 0.4) is 0 Å². The molecule has 2 aromatic rings. The maximum Gasteiger partial charge on any atom is 0.0780 e. The van der Waals surface area contributed by atoms with Crippen LogP contribution in [-0.2, 0) is 6.54 Å². The van der Waals surface area contributed by atoms with Crippen LogP contribution in [0.1, 0.15) is 11.4 Å². The molecule has 1 heterocycles. The van der Waals surface area contributed by atoms with Gasteiger partial charge in [-0.15, -0.1) is 0 Å². The molecule has 1 aromatic carbocycles. The average molecular weight is 243 g/mol. The van der Waals surface area contributed by atoms with E-state index in [9.17, 15) is 0 Å². The molecule has 4 nitrogen and oxygen atoms in total. The van der Waals surface area contributed by atoms with Crippen molar-refractivity contribution in [2.45, 2.75) is 13.5 Å². The summed E-state index contributed by atoms with van der Waals surface area (Å²) < 4.78 is 0. The van der Waals surface area contributed by atoms with E-state index >= 15 is 0 Å². The molecule has 0 saturated carbocycles. The minimum absolute atomic E-state index is 0.119. The summed E-state index contributed by atoms with van der Waals surface area (Å²) in [6, 6.07) is 10.0. The van der Waals surface area contributed by atoms with Crippen LogP contribution in [0, 0.1) is 6.92 Å². The van der Waals surface area contributed by atoms with Gasteiger partial charge in [-0.2, -0.15) is 0 Å². The summed E-state index contributed by atoms with van der Waals surface area (Å²) in [6.07, 6.45) is 3.54. The van der Waals surface area contributed by atoms with Gasteiger partial charge in [-0.1, -0.05) is 18.2 Å². The molecule has 0 spiro atoms. The standard InChI is InChI=1S/C14H17N3O/c1-12-9-16-13(10-15-12)11-17(7-8-18)14-5-3-2-4-6-14/h2-6,9-10,18H,7-8,11H2,1H3. The minimum Gasteiger partial charge on any atom is -0.395 e. The first-order chi connectivity index (χ1) is 8.79. The van der Waals surface area contributed by atoms with Gasteiger partial charge in [-0.25, -0.2) is 0 Å². The Morgan fingerprint density at radius 2 is 1.89 bits per heavy atom. The number of aliphatic hydroxyl groups excluding tert-OH is 1. The van der Waals surface area contributed by atoms with Crippen LogP contribution >= 0.6 is 0 Å². The topological polar surface area (TPSA) is 49.2 Å². The molecule has 1 N–H and O–H groups in total.